The zero-order chi connectivity index (χ0) is 24.6. The lowest BCUT2D eigenvalue weighted by Gasteiger charge is -2.40. The van der Waals surface area contributed by atoms with Crippen LogP contribution in [0.5, 0.6) is 0 Å². The Bertz CT molecular complexity index is 685. The third-order valence-corrected chi connectivity index (χ3v) is 4.93. The van der Waals surface area contributed by atoms with Crippen molar-refractivity contribution in [3.8, 4) is 0 Å². The van der Waals surface area contributed by atoms with Gasteiger partial charge in [0.05, 0.1) is 12.2 Å². The van der Waals surface area contributed by atoms with Crippen molar-refractivity contribution in [1.29, 1.82) is 0 Å². The Hall–Kier alpha value is -2.93. The summed E-state index contributed by atoms with van der Waals surface area (Å²) in [4.78, 5) is 48.1. The minimum atomic E-state index is -1.27. The van der Waals surface area contributed by atoms with Crippen molar-refractivity contribution in [2.24, 2.45) is 11.0 Å². The first kappa shape index (κ1) is 28.1. The van der Waals surface area contributed by atoms with Gasteiger partial charge in [-0.1, -0.05) is 18.0 Å². The van der Waals surface area contributed by atoms with Crippen LogP contribution >= 0.6 is 0 Å². The Morgan fingerprint density at radius 3 is 1.88 bits per heavy atom. The average molecular weight is 474 g/mol. The van der Waals surface area contributed by atoms with Crippen LogP contribution in [0.1, 0.15) is 38.5 Å². The average Bonchev–Trinajstić information content (AvgIpc) is 2.76. The summed E-state index contributed by atoms with van der Waals surface area (Å²) >= 11 is 0. The molecule has 33 heavy (non-hydrogen) atoms. The summed E-state index contributed by atoms with van der Waals surface area (Å²) in [6, 6.07) is 0. The molecule has 0 bridgehead atoms. The third kappa shape index (κ3) is 12.0. The number of carbonyl (C=O) groups is 4. The monoisotopic (exact) mass is 474 g/mol. The van der Waals surface area contributed by atoms with Crippen LogP contribution in [0.2, 0.25) is 0 Å². The van der Waals surface area contributed by atoms with Crippen LogP contribution in [-0.4, -0.2) is 90.4 Å². The van der Waals surface area contributed by atoms with E-state index in [9.17, 15) is 19.2 Å². The number of carboxylic acid groups (broad SMARTS) is 3. The molecule has 1 saturated carbocycles. The summed E-state index contributed by atoms with van der Waals surface area (Å²) in [5.74, 6) is -4.79. The summed E-state index contributed by atoms with van der Waals surface area (Å²) in [5, 5.41) is 33.0. The largest absolute Gasteiger partial charge is 0.480 e. The Kier molecular flexibility index (Phi) is 13.5. The van der Waals surface area contributed by atoms with Crippen molar-refractivity contribution in [3.63, 3.8) is 0 Å². The second-order valence-corrected chi connectivity index (χ2v) is 7.48. The first-order valence-electron chi connectivity index (χ1n) is 10.5. The van der Waals surface area contributed by atoms with Gasteiger partial charge in [0.1, 0.15) is 25.9 Å². The number of amides is 1. The van der Waals surface area contributed by atoms with Gasteiger partial charge in [0.25, 0.3) is 0 Å². The van der Waals surface area contributed by atoms with Crippen LogP contribution in [0.15, 0.2) is 5.11 Å². The summed E-state index contributed by atoms with van der Waals surface area (Å²) in [6.45, 7) is -1.30. The van der Waals surface area contributed by atoms with E-state index in [-0.39, 0.29) is 18.7 Å². The maximum atomic E-state index is 12.7. The molecule has 0 unspecified atom stereocenters. The number of rotatable bonds is 17. The molecule has 4 N–H and O–H groups in total. The Balaban J connectivity index is 2.73. The molecule has 0 saturated heterocycles. The Labute approximate surface area is 189 Å². The minimum Gasteiger partial charge on any atom is -0.480 e. The lowest BCUT2D eigenvalue weighted by Crippen LogP contribution is -2.52. The van der Waals surface area contributed by atoms with E-state index in [1.807, 2.05) is 0 Å². The third-order valence-electron chi connectivity index (χ3n) is 4.93. The van der Waals surface area contributed by atoms with E-state index in [0.717, 1.165) is 19.3 Å². The van der Waals surface area contributed by atoms with Crippen LogP contribution < -0.4 is 5.32 Å². The molecule has 0 aliphatic heterocycles. The summed E-state index contributed by atoms with van der Waals surface area (Å²) in [7, 11) is 0. The van der Waals surface area contributed by atoms with Crippen molar-refractivity contribution < 1.29 is 48.7 Å². The number of hydrogen-bond acceptors (Lipinski definition) is 8. The van der Waals surface area contributed by atoms with Crippen LogP contribution in [0, 0.1) is 5.92 Å². The van der Waals surface area contributed by atoms with Gasteiger partial charge in [-0.3, -0.25) is 4.79 Å². The number of carbonyl (C=O) groups excluding carboxylic acids is 1. The van der Waals surface area contributed by atoms with Crippen molar-refractivity contribution in [1.82, 2.24) is 5.32 Å². The van der Waals surface area contributed by atoms with E-state index in [0.29, 0.717) is 19.5 Å². The molecule has 0 spiro atoms. The molecule has 14 heteroatoms. The van der Waals surface area contributed by atoms with Crippen molar-refractivity contribution in [2.75, 3.05) is 32.9 Å². The van der Waals surface area contributed by atoms with Gasteiger partial charge in [-0.25, -0.2) is 14.4 Å². The van der Waals surface area contributed by atoms with Gasteiger partial charge in [-0.05, 0) is 31.2 Å². The van der Waals surface area contributed by atoms with Crippen molar-refractivity contribution in [2.45, 2.75) is 56.8 Å². The second kappa shape index (κ2) is 15.8. The van der Waals surface area contributed by atoms with Gasteiger partial charge in [0, 0.05) is 23.9 Å². The van der Waals surface area contributed by atoms with Crippen LogP contribution in [0.4, 0.5) is 0 Å². The highest BCUT2D eigenvalue weighted by Gasteiger charge is 2.43. The number of azide groups is 1. The fraction of sp³-hybridized carbons (Fsp3) is 0.789. The number of hydrogen-bond donors (Lipinski definition) is 4. The first-order valence-corrected chi connectivity index (χ1v) is 10.5. The predicted octanol–water partition coefficient (Wildman–Crippen LogP) is 0.793. The number of nitrogens with one attached hydrogen (secondary N) is 1. The second-order valence-electron chi connectivity index (χ2n) is 7.48. The molecule has 1 amide bonds. The van der Waals surface area contributed by atoms with Gasteiger partial charge >= 0.3 is 17.9 Å². The zero-order valence-electron chi connectivity index (χ0n) is 18.1. The molecular formula is C19H30N4O10. The minimum absolute atomic E-state index is 0.0580. The number of aliphatic carboxylic acids is 3. The summed E-state index contributed by atoms with van der Waals surface area (Å²) in [5.41, 5.74) is 8.22. The predicted molar refractivity (Wildman–Crippen MR) is 110 cm³/mol. The highest BCUT2D eigenvalue weighted by atomic mass is 16.6. The molecular weight excluding hydrogens is 444 g/mol. The molecule has 1 rings (SSSR count). The Morgan fingerprint density at radius 1 is 0.848 bits per heavy atom. The highest BCUT2D eigenvalue weighted by Crippen LogP contribution is 2.31. The van der Waals surface area contributed by atoms with Gasteiger partial charge in [-0.2, -0.15) is 0 Å². The van der Waals surface area contributed by atoms with Gasteiger partial charge in [0.15, 0.2) is 0 Å². The zero-order valence-corrected chi connectivity index (χ0v) is 18.1. The number of nitrogens with zero attached hydrogens (tertiary/aromatic N) is 3. The first-order chi connectivity index (χ1) is 15.7. The molecule has 0 radical (unpaired) electrons. The molecule has 0 heterocycles. The molecule has 0 aromatic heterocycles. The highest BCUT2D eigenvalue weighted by molar-refractivity contribution is 5.79. The van der Waals surface area contributed by atoms with E-state index >= 15 is 0 Å². The van der Waals surface area contributed by atoms with E-state index in [4.69, 9.17) is 35.1 Å². The number of ether oxygens (including phenoxy) is 3. The van der Waals surface area contributed by atoms with E-state index in [1.165, 1.54) is 0 Å². The maximum Gasteiger partial charge on any atom is 0.329 e. The standard InChI is InChI=1S/C19H30N4O10/c20-23-22-6-4-2-1-3-5-21-19(30)12-7-13(31-9-15(24)25)18(33-11-17(28)29)14(8-12)32-10-16(26)27/h12-14,18H,1-11H2,(H,21,30)(H,24,25)(H,26,27)(H,28,29)/t12?,13-,14-,18?/m1/s1. The number of carboxylic acids is 3. The molecule has 0 aromatic rings. The van der Waals surface area contributed by atoms with E-state index in [1.54, 1.807) is 0 Å². The lowest BCUT2D eigenvalue weighted by atomic mass is 9.82. The molecule has 1 fully saturated rings. The summed E-state index contributed by atoms with van der Waals surface area (Å²) < 4.78 is 16.0. The van der Waals surface area contributed by atoms with Gasteiger partial charge in [0.2, 0.25) is 5.91 Å². The lowest BCUT2D eigenvalue weighted by molar-refractivity contribution is -0.188. The van der Waals surface area contributed by atoms with Gasteiger partial charge < -0.3 is 34.8 Å². The fourth-order valence-electron chi connectivity index (χ4n) is 3.51. The normalized spacial score (nSPS) is 22.2. The van der Waals surface area contributed by atoms with Crippen LogP contribution in [0.3, 0.4) is 0 Å². The molecule has 1 aliphatic rings. The van der Waals surface area contributed by atoms with E-state index in [2.05, 4.69) is 15.3 Å². The molecule has 14 nitrogen and oxygen atoms in total. The fourth-order valence-corrected chi connectivity index (χ4v) is 3.51. The van der Waals surface area contributed by atoms with Crippen LogP contribution in [-0.2, 0) is 33.4 Å². The van der Waals surface area contributed by atoms with Crippen molar-refractivity contribution >= 4 is 23.8 Å². The smallest absolute Gasteiger partial charge is 0.329 e. The SMILES string of the molecule is [N-]=[N+]=NCCCCCCNC(=O)C1C[C@@H](OCC(=O)O)C(OCC(=O)O)[C@H](OCC(=O)O)C1. The molecule has 1 aliphatic carbocycles. The van der Waals surface area contributed by atoms with Gasteiger partial charge in [-0.15, -0.1) is 0 Å². The molecule has 186 valence electrons. The summed E-state index contributed by atoms with van der Waals surface area (Å²) in [6.07, 6.45) is 0.225. The number of unbranched alkanes of at least 4 members (excludes halogenated alkanes) is 3. The Morgan fingerprint density at radius 2 is 1.36 bits per heavy atom. The molecule has 0 aromatic carbocycles. The quantitative estimate of drug-likeness (QED) is 0.100. The molecule has 2 atom stereocenters. The maximum absolute atomic E-state index is 12.7. The topological polar surface area (TPSA) is 217 Å². The van der Waals surface area contributed by atoms with E-state index < -0.39 is 62.0 Å². The van der Waals surface area contributed by atoms with Crippen molar-refractivity contribution in [3.05, 3.63) is 10.4 Å². The van der Waals surface area contributed by atoms with Crippen LogP contribution in [0.25, 0.3) is 10.4 Å².